The van der Waals surface area contributed by atoms with Crippen LogP contribution in [0.25, 0.3) is 5.65 Å². The number of aryl methyl sites for hydroxylation is 1. The normalized spacial score (nSPS) is 12.0. The predicted molar refractivity (Wildman–Crippen MR) is 148 cm³/mol. The summed E-state index contributed by atoms with van der Waals surface area (Å²) in [6.45, 7) is -0.00611. The molecule has 236 valence electrons. The molecule has 0 bridgehead atoms. The lowest BCUT2D eigenvalue weighted by Gasteiger charge is -2.30. The number of anilines is 2. The maximum absolute atomic E-state index is 12.5. The highest BCUT2D eigenvalue weighted by Gasteiger charge is 2.38. The lowest BCUT2D eigenvalue weighted by atomic mass is 9.96. The van der Waals surface area contributed by atoms with Crippen LogP contribution in [0.5, 0.6) is 0 Å². The molecule has 2 aromatic heterocycles. The minimum Gasteiger partial charge on any atom is -0.483 e. The summed E-state index contributed by atoms with van der Waals surface area (Å²) in [5, 5.41) is 21.9. The lowest BCUT2D eigenvalue weighted by molar-refractivity contribution is -0.192. The third-order valence-electron chi connectivity index (χ3n) is 5.74. The Morgan fingerprint density at radius 3 is 2.27 bits per heavy atom. The highest BCUT2D eigenvalue weighted by molar-refractivity contribution is 6.34. The van der Waals surface area contributed by atoms with E-state index in [1.54, 1.807) is 35.0 Å². The molecule has 0 aliphatic carbocycles. The molecule has 10 nitrogen and oxygen atoms in total. The van der Waals surface area contributed by atoms with Gasteiger partial charge in [-0.25, -0.2) is 14.3 Å². The zero-order chi connectivity index (χ0) is 33.0. The number of carboxylic acids is 1. The molecule has 4 aromatic rings. The van der Waals surface area contributed by atoms with Crippen molar-refractivity contribution in [3.8, 4) is 0 Å². The van der Waals surface area contributed by atoms with Crippen molar-refractivity contribution < 1.29 is 50.9 Å². The monoisotopic (exact) mass is 647 g/mol. The second kappa shape index (κ2) is 16.1. The zero-order valence-corrected chi connectivity index (χ0v) is 23.4. The number of fused-ring (bicyclic) bond motifs is 2. The quantitative estimate of drug-likeness (QED) is 0.181. The smallest absolute Gasteiger partial charge is 0.483 e. The van der Waals surface area contributed by atoms with Crippen LogP contribution in [0.2, 0.25) is 5.02 Å². The van der Waals surface area contributed by atoms with E-state index in [9.17, 15) is 31.1 Å². The average Bonchev–Trinajstić information content (AvgIpc) is 3.35. The van der Waals surface area contributed by atoms with Crippen molar-refractivity contribution in [2.75, 3.05) is 16.8 Å². The molecule has 0 saturated carbocycles. The van der Waals surface area contributed by atoms with E-state index < -0.39 is 18.8 Å². The van der Waals surface area contributed by atoms with Gasteiger partial charge in [0.05, 0.1) is 16.8 Å². The van der Waals surface area contributed by atoms with E-state index in [1.807, 2.05) is 12.1 Å². The summed E-state index contributed by atoms with van der Waals surface area (Å²) in [7, 11) is 0. The largest absolute Gasteiger partial charge is 0.490 e. The zero-order valence-electron chi connectivity index (χ0n) is 22.6. The maximum atomic E-state index is 12.5. The van der Waals surface area contributed by atoms with Gasteiger partial charge in [-0.2, -0.15) is 26.3 Å². The van der Waals surface area contributed by atoms with Gasteiger partial charge >= 0.3 is 18.8 Å². The van der Waals surface area contributed by atoms with Crippen molar-refractivity contribution in [1.29, 1.82) is 0 Å². The second-order valence-electron chi connectivity index (χ2n) is 8.59. The molecule has 0 spiro atoms. The lowest BCUT2D eigenvalue weighted by Crippen LogP contribution is -2.31. The molecular weight excluding hydrogens is 624 g/mol. The molecule has 17 heteroatoms. The maximum Gasteiger partial charge on any atom is 0.490 e. The number of hydrogen-bond donors (Lipinski definition) is 3. The van der Waals surface area contributed by atoms with Crippen molar-refractivity contribution in [1.82, 2.24) is 14.6 Å². The first kappa shape index (κ1) is 35.3. The summed E-state index contributed by atoms with van der Waals surface area (Å²) >= 11 is 6.11. The SMILES string of the molecule is Cc1cccc2c1CN(c1ccc3nc(NC(=O)c4ccccc4Cl)cn3n1)CC2.FC(F)F.O=C(O)C(F)(F)F.O=CO. The number of carboxylic acid groups (broad SMARTS) is 2. The van der Waals surface area contributed by atoms with Crippen molar-refractivity contribution >= 4 is 47.2 Å². The number of carbonyl (C=O) groups is 3. The topological polar surface area (TPSA) is 137 Å². The Hall–Kier alpha value is -4.86. The summed E-state index contributed by atoms with van der Waals surface area (Å²) < 4.78 is 62.4. The van der Waals surface area contributed by atoms with Crippen LogP contribution >= 0.6 is 11.6 Å². The van der Waals surface area contributed by atoms with Gasteiger partial charge in [0, 0.05) is 13.1 Å². The van der Waals surface area contributed by atoms with E-state index >= 15 is 0 Å². The number of aliphatic carboxylic acids is 1. The van der Waals surface area contributed by atoms with Crippen LogP contribution in [0.1, 0.15) is 27.0 Å². The van der Waals surface area contributed by atoms with Gasteiger partial charge in [0.15, 0.2) is 11.5 Å². The number of alkyl halides is 6. The molecule has 0 saturated heterocycles. The van der Waals surface area contributed by atoms with E-state index in [2.05, 4.69) is 40.3 Å². The Labute approximate surface area is 250 Å². The fourth-order valence-corrected chi connectivity index (χ4v) is 4.10. The average molecular weight is 648 g/mol. The number of nitrogens with one attached hydrogen (secondary N) is 1. The number of carbonyl (C=O) groups excluding carboxylic acids is 1. The third kappa shape index (κ3) is 10.4. The molecule has 3 N–H and O–H groups in total. The van der Waals surface area contributed by atoms with E-state index in [0.29, 0.717) is 22.1 Å². The molecule has 1 aliphatic heterocycles. The van der Waals surface area contributed by atoms with Gasteiger partial charge in [-0.15, -0.1) is 5.10 Å². The minimum atomic E-state index is -5.08. The van der Waals surface area contributed by atoms with E-state index in [1.165, 1.54) is 16.7 Å². The molecule has 0 atom stereocenters. The molecule has 1 amide bonds. The third-order valence-corrected chi connectivity index (χ3v) is 6.07. The van der Waals surface area contributed by atoms with Crippen LogP contribution in [-0.2, 0) is 22.6 Å². The first-order valence-corrected chi connectivity index (χ1v) is 12.6. The number of aromatic nitrogens is 3. The van der Waals surface area contributed by atoms with Gasteiger partial charge in [0.2, 0.25) is 0 Å². The molecule has 44 heavy (non-hydrogen) atoms. The van der Waals surface area contributed by atoms with Gasteiger partial charge in [0.1, 0.15) is 5.82 Å². The Kier molecular flexibility index (Phi) is 12.9. The van der Waals surface area contributed by atoms with Crippen LogP contribution in [0.3, 0.4) is 0 Å². The number of imidazole rings is 1. The second-order valence-corrected chi connectivity index (χ2v) is 9.00. The highest BCUT2D eigenvalue weighted by Crippen LogP contribution is 2.26. The van der Waals surface area contributed by atoms with Gasteiger partial charge in [-0.1, -0.05) is 41.9 Å². The summed E-state index contributed by atoms with van der Waals surface area (Å²) in [4.78, 5) is 36.5. The first-order chi connectivity index (χ1) is 20.7. The molecule has 0 fully saturated rings. The van der Waals surface area contributed by atoms with Gasteiger partial charge in [-0.3, -0.25) is 9.59 Å². The fraction of sp³-hybridized carbons (Fsp3) is 0.222. The highest BCUT2D eigenvalue weighted by atomic mass is 35.5. The summed E-state index contributed by atoms with van der Waals surface area (Å²) in [6, 6.07) is 17.3. The number of rotatable bonds is 3. The van der Waals surface area contributed by atoms with Crippen LogP contribution < -0.4 is 10.2 Å². The van der Waals surface area contributed by atoms with Gasteiger partial charge in [-0.05, 0) is 54.3 Å². The first-order valence-electron chi connectivity index (χ1n) is 12.2. The number of benzene rings is 2. The van der Waals surface area contributed by atoms with Crippen LogP contribution in [-0.4, -0.2) is 62.6 Å². The standard InChI is InChI=1S/C23H20ClN5O.C2HF3O2.CHF3.CH2O2/c1-15-5-4-6-16-11-12-28(13-18(15)16)22-10-9-21-25-20(14-29(21)27-22)26-23(30)17-7-2-3-8-19(17)24;3-2(4,5)1(6)7;2-1(3)4;2-1-3/h2-10,14H,11-13H2,1H3,(H,26,30);(H,6,7);1H;1H,(H,2,3). The number of halogens is 7. The number of amides is 1. The molecule has 0 unspecified atom stereocenters. The Morgan fingerprint density at radius 2 is 1.68 bits per heavy atom. The molecule has 3 heterocycles. The Balaban J connectivity index is 0.000000407. The van der Waals surface area contributed by atoms with Crippen molar-refractivity contribution in [2.45, 2.75) is 32.7 Å². The number of nitrogens with zero attached hydrogens (tertiary/aromatic N) is 4. The fourth-order valence-electron chi connectivity index (χ4n) is 3.87. The summed E-state index contributed by atoms with van der Waals surface area (Å²) in [5.41, 5.74) is 5.18. The minimum absolute atomic E-state index is 0.250. The van der Waals surface area contributed by atoms with Crippen molar-refractivity contribution in [2.24, 2.45) is 0 Å². The van der Waals surface area contributed by atoms with E-state index in [0.717, 1.165) is 25.3 Å². The van der Waals surface area contributed by atoms with Gasteiger partial charge in [0.25, 0.3) is 12.4 Å². The van der Waals surface area contributed by atoms with Crippen LogP contribution in [0, 0.1) is 6.92 Å². The van der Waals surface area contributed by atoms with Gasteiger partial charge < -0.3 is 20.4 Å². The summed E-state index contributed by atoms with van der Waals surface area (Å²) in [6.07, 6.45) is -2.36. The Bertz CT molecular complexity index is 1580. The predicted octanol–water partition coefficient (Wildman–Crippen LogP) is 6.02. The molecular formula is C27H24ClF6N5O5. The number of hydrogen-bond acceptors (Lipinski definition) is 6. The van der Waals surface area contributed by atoms with Crippen LogP contribution in [0.15, 0.2) is 60.8 Å². The molecule has 1 aliphatic rings. The van der Waals surface area contributed by atoms with Crippen molar-refractivity contribution in [3.63, 3.8) is 0 Å². The molecule has 5 rings (SSSR count). The Morgan fingerprint density at radius 1 is 1.07 bits per heavy atom. The molecule has 0 radical (unpaired) electrons. The van der Waals surface area contributed by atoms with E-state index in [4.69, 9.17) is 36.5 Å². The van der Waals surface area contributed by atoms with Crippen molar-refractivity contribution in [3.05, 3.63) is 88.1 Å². The summed E-state index contributed by atoms with van der Waals surface area (Å²) in [5.74, 6) is -1.73. The van der Waals surface area contributed by atoms with E-state index in [-0.39, 0.29) is 12.4 Å². The molecule has 2 aromatic carbocycles. The van der Waals surface area contributed by atoms with Crippen LogP contribution in [0.4, 0.5) is 38.0 Å².